The summed E-state index contributed by atoms with van der Waals surface area (Å²) in [5.41, 5.74) is -0.554. The molecule has 0 aliphatic carbocycles. The lowest BCUT2D eigenvalue weighted by atomic mass is 10.1. The molecular weight excluding hydrogens is 212 g/mol. The Bertz CT molecular complexity index is 359. The molecule has 5 nitrogen and oxygen atoms in total. The van der Waals surface area contributed by atoms with Crippen molar-refractivity contribution in [3.05, 3.63) is 5.89 Å². The minimum atomic E-state index is -0.554. The van der Waals surface area contributed by atoms with Crippen molar-refractivity contribution < 1.29 is 4.42 Å². The molecule has 1 unspecified atom stereocenters. The van der Waals surface area contributed by atoms with Gasteiger partial charge in [-0.3, -0.25) is 5.32 Å². The number of aryl methyl sites for hydroxylation is 1. The maximum absolute atomic E-state index is 9.01. The number of aromatic nitrogens is 2. The first-order valence-corrected chi connectivity index (χ1v) is 5.67. The molecule has 1 heterocycles. The molecule has 1 aromatic heterocycles. The summed E-state index contributed by atoms with van der Waals surface area (Å²) in [4.78, 5) is 0. The van der Waals surface area contributed by atoms with E-state index in [2.05, 4.69) is 21.6 Å². The molecule has 1 aromatic rings. The molecule has 0 radical (unpaired) electrons. The summed E-state index contributed by atoms with van der Waals surface area (Å²) in [6.45, 7) is 6.32. The van der Waals surface area contributed by atoms with Gasteiger partial charge in [-0.2, -0.15) is 5.26 Å². The van der Waals surface area contributed by atoms with Gasteiger partial charge >= 0.3 is 0 Å². The molecular formula is C9H14N4OS. The Morgan fingerprint density at radius 2 is 2.33 bits per heavy atom. The lowest BCUT2D eigenvalue weighted by molar-refractivity contribution is 0.427. The minimum absolute atomic E-state index is 0.506. The summed E-state index contributed by atoms with van der Waals surface area (Å²) in [5, 5.41) is 20.2. The molecule has 0 aromatic carbocycles. The third-order valence-electron chi connectivity index (χ3n) is 1.81. The Kier molecular flexibility index (Phi) is 4.12. The van der Waals surface area contributed by atoms with Crippen molar-refractivity contribution in [2.75, 3.05) is 12.3 Å². The second-order valence-corrected chi connectivity index (χ2v) is 4.28. The van der Waals surface area contributed by atoms with E-state index in [0.29, 0.717) is 16.9 Å². The molecule has 0 fully saturated rings. The predicted molar refractivity (Wildman–Crippen MR) is 57.5 cm³/mol. The highest BCUT2D eigenvalue weighted by molar-refractivity contribution is 7.99. The second-order valence-electron chi connectivity index (χ2n) is 3.35. The van der Waals surface area contributed by atoms with Gasteiger partial charge in [0.2, 0.25) is 5.89 Å². The molecule has 0 saturated carbocycles. The highest BCUT2D eigenvalue weighted by atomic mass is 32.2. The Morgan fingerprint density at radius 3 is 2.80 bits per heavy atom. The average Bonchev–Trinajstić information content (AvgIpc) is 2.62. The van der Waals surface area contributed by atoms with Crippen molar-refractivity contribution in [3.8, 4) is 6.07 Å². The van der Waals surface area contributed by atoms with Crippen LogP contribution in [0.5, 0.6) is 0 Å². The van der Waals surface area contributed by atoms with E-state index in [1.54, 1.807) is 6.92 Å². The summed E-state index contributed by atoms with van der Waals surface area (Å²) in [5.74, 6) is 1.12. The van der Waals surface area contributed by atoms with Crippen LogP contribution in [0.4, 0.5) is 0 Å². The van der Waals surface area contributed by atoms with Crippen molar-refractivity contribution >= 4 is 11.8 Å². The summed E-state index contributed by atoms with van der Waals surface area (Å²) in [7, 11) is 0. The number of nitrogens with one attached hydrogen (secondary N) is 1. The number of thioether (sulfide) groups is 1. The van der Waals surface area contributed by atoms with Crippen molar-refractivity contribution in [2.45, 2.75) is 31.5 Å². The topological polar surface area (TPSA) is 74.7 Å². The SMILES string of the molecule is CCNC(C)(C#N)CSc1nnc(C)o1. The van der Waals surface area contributed by atoms with Gasteiger partial charge in [-0.25, -0.2) is 0 Å². The number of rotatable bonds is 5. The molecule has 6 heteroatoms. The van der Waals surface area contributed by atoms with E-state index in [9.17, 15) is 0 Å². The maximum atomic E-state index is 9.01. The van der Waals surface area contributed by atoms with E-state index >= 15 is 0 Å². The van der Waals surface area contributed by atoms with Gasteiger partial charge in [-0.05, 0) is 13.5 Å². The Morgan fingerprint density at radius 1 is 1.60 bits per heavy atom. The molecule has 1 atom stereocenters. The first-order valence-electron chi connectivity index (χ1n) is 4.69. The van der Waals surface area contributed by atoms with Gasteiger partial charge in [0.05, 0.1) is 6.07 Å². The van der Waals surface area contributed by atoms with Gasteiger partial charge in [0.15, 0.2) is 0 Å². The van der Waals surface area contributed by atoms with Crippen LogP contribution in [0.15, 0.2) is 9.64 Å². The highest BCUT2D eigenvalue weighted by Crippen LogP contribution is 2.20. The first kappa shape index (κ1) is 12.0. The van der Waals surface area contributed by atoms with Crippen LogP contribution < -0.4 is 5.32 Å². The maximum Gasteiger partial charge on any atom is 0.276 e. The van der Waals surface area contributed by atoms with Crippen LogP contribution in [-0.4, -0.2) is 28.0 Å². The van der Waals surface area contributed by atoms with Gasteiger partial charge in [-0.15, -0.1) is 10.2 Å². The Balaban J connectivity index is 2.51. The van der Waals surface area contributed by atoms with E-state index in [4.69, 9.17) is 9.68 Å². The van der Waals surface area contributed by atoms with Crippen LogP contribution in [0.1, 0.15) is 19.7 Å². The summed E-state index contributed by atoms with van der Waals surface area (Å²) >= 11 is 1.39. The summed E-state index contributed by atoms with van der Waals surface area (Å²) in [6, 6.07) is 2.23. The highest BCUT2D eigenvalue weighted by Gasteiger charge is 2.23. The lowest BCUT2D eigenvalue weighted by Crippen LogP contribution is -2.43. The zero-order valence-corrected chi connectivity index (χ0v) is 9.89. The summed E-state index contributed by atoms with van der Waals surface area (Å²) in [6.07, 6.45) is 0. The van der Waals surface area contributed by atoms with Gasteiger partial charge in [-0.1, -0.05) is 18.7 Å². The zero-order valence-electron chi connectivity index (χ0n) is 9.07. The number of hydrogen-bond acceptors (Lipinski definition) is 6. The van der Waals surface area contributed by atoms with Crippen LogP contribution >= 0.6 is 11.8 Å². The smallest absolute Gasteiger partial charge is 0.276 e. The molecule has 0 aliphatic heterocycles. The average molecular weight is 226 g/mol. The van der Waals surface area contributed by atoms with Crippen LogP contribution in [0.3, 0.4) is 0 Å². The number of hydrogen-bond donors (Lipinski definition) is 1. The van der Waals surface area contributed by atoms with Gasteiger partial charge in [0.25, 0.3) is 5.22 Å². The number of nitrogens with zero attached hydrogens (tertiary/aromatic N) is 3. The van der Waals surface area contributed by atoms with Crippen molar-refractivity contribution in [2.24, 2.45) is 0 Å². The van der Waals surface area contributed by atoms with Crippen molar-refractivity contribution in [3.63, 3.8) is 0 Å². The van der Waals surface area contributed by atoms with Crippen molar-refractivity contribution in [1.82, 2.24) is 15.5 Å². The predicted octanol–water partition coefficient (Wildman–Crippen LogP) is 1.36. The van der Waals surface area contributed by atoms with E-state index in [0.717, 1.165) is 6.54 Å². The van der Waals surface area contributed by atoms with E-state index in [1.807, 2.05) is 13.8 Å². The first-order chi connectivity index (χ1) is 7.09. The second kappa shape index (κ2) is 5.14. The quantitative estimate of drug-likeness (QED) is 0.764. The van der Waals surface area contributed by atoms with E-state index < -0.39 is 5.54 Å². The van der Waals surface area contributed by atoms with E-state index in [1.165, 1.54) is 11.8 Å². The largest absolute Gasteiger partial charge is 0.416 e. The van der Waals surface area contributed by atoms with Crippen LogP contribution in [0.2, 0.25) is 0 Å². The molecule has 0 aliphatic rings. The molecule has 15 heavy (non-hydrogen) atoms. The third-order valence-corrected chi connectivity index (χ3v) is 2.94. The molecule has 0 bridgehead atoms. The van der Waals surface area contributed by atoms with Gasteiger partial charge in [0, 0.05) is 12.7 Å². The van der Waals surface area contributed by atoms with Gasteiger partial charge in [0.1, 0.15) is 5.54 Å². The summed E-state index contributed by atoms with van der Waals surface area (Å²) < 4.78 is 5.21. The zero-order chi connectivity index (χ0) is 11.3. The minimum Gasteiger partial charge on any atom is -0.416 e. The molecule has 82 valence electrons. The number of nitriles is 1. The molecule has 1 rings (SSSR count). The van der Waals surface area contributed by atoms with Crippen LogP contribution in [0, 0.1) is 18.3 Å². The van der Waals surface area contributed by atoms with Gasteiger partial charge < -0.3 is 4.42 Å². The fourth-order valence-corrected chi connectivity index (χ4v) is 1.91. The lowest BCUT2D eigenvalue weighted by Gasteiger charge is -2.20. The molecule has 1 N–H and O–H groups in total. The van der Waals surface area contributed by atoms with Crippen LogP contribution in [-0.2, 0) is 0 Å². The van der Waals surface area contributed by atoms with E-state index in [-0.39, 0.29) is 0 Å². The van der Waals surface area contributed by atoms with Crippen LogP contribution in [0.25, 0.3) is 0 Å². The van der Waals surface area contributed by atoms with Crippen molar-refractivity contribution in [1.29, 1.82) is 5.26 Å². The Labute approximate surface area is 93.3 Å². The monoisotopic (exact) mass is 226 g/mol. The molecule has 0 saturated heterocycles. The third kappa shape index (κ3) is 3.53. The fourth-order valence-electron chi connectivity index (χ4n) is 1.06. The normalized spacial score (nSPS) is 14.5. The standard InChI is InChI=1S/C9H14N4OS/c1-4-11-9(3,5-10)6-15-8-13-12-7(2)14-8/h11H,4,6H2,1-3H3. The fraction of sp³-hybridized carbons (Fsp3) is 0.667. The Hall–Kier alpha value is -1.06. The molecule has 0 spiro atoms. The molecule has 0 amide bonds.